The molecule has 1 aromatic heterocycles. The molecule has 0 spiro atoms. The second-order valence-electron chi connectivity index (χ2n) is 5.91. The minimum Gasteiger partial charge on any atom is -0.335 e. The maximum absolute atomic E-state index is 12.8. The van der Waals surface area contributed by atoms with Crippen molar-refractivity contribution in [1.29, 1.82) is 0 Å². The SMILES string of the molecule is C=CC[NH2+]CC(=O)N1CCc2sccc2[C@@H]1c1ccccc1C. The highest BCUT2D eigenvalue weighted by Crippen LogP contribution is 2.38. The molecule has 3 rings (SSSR count). The maximum atomic E-state index is 12.8. The van der Waals surface area contributed by atoms with E-state index in [0.29, 0.717) is 6.54 Å². The standard InChI is InChI=1S/C19H22N2OS/c1-3-10-20-13-18(22)21-11-8-17-16(9-12-23-17)19(21)15-7-5-4-6-14(15)2/h3-7,9,12,19-20H,1,8,10-11,13H2,2H3/p+1/t19-/m0/s1. The van der Waals surface area contributed by atoms with Crippen LogP contribution in [0, 0.1) is 6.92 Å². The normalized spacial score (nSPS) is 16.9. The number of aryl methyl sites for hydroxylation is 1. The highest BCUT2D eigenvalue weighted by atomic mass is 32.1. The molecule has 0 unspecified atom stereocenters. The number of fused-ring (bicyclic) bond motifs is 1. The predicted octanol–water partition coefficient (Wildman–Crippen LogP) is 2.28. The molecule has 2 aromatic rings. The number of carbonyl (C=O) groups is 1. The highest BCUT2D eigenvalue weighted by molar-refractivity contribution is 7.10. The number of nitrogens with two attached hydrogens (primary N) is 1. The van der Waals surface area contributed by atoms with Gasteiger partial charge in [0.2, 0.25) is 0 Å². The van der Waals surface area contributed by atoms with E-state index in [0.717, 1.165) is 19.5 Å². The van der Waals surface area contributed by atoms with Crippen molar-refractivity contribution < 1.29 is 10.1 Å². The fraction of sp³-hybridized carbons (Fsp3) is 0.316. The van der Waals surface area contributed by atoms with Crippen molar-refractivity contribution in [2.75, 3.05) is 19.6 Å². The largest absolute Gasteiger partial charge is 0.335 e. The zero-order valence-corrected chi connectivity index (χ0v) is 14.3. The van der Waals surface area contributed by atoms with Crippen LogP contribution in [0.4, 0.5) is 0 Å². The van der Waals surface area contributed by atoms with Crippen LogP contribution in [0.1, 0.15) is 27.6 Å². The molecule has 0 saturated carbocycles. The summed E-state index contributed by atoms with van der Waals surface area (Å²) in [5.74, 6) is 0.206. The molecule has 1 aromatic carbocycles. The lowest BCUT2D eigenvalue weighted by Gasteiger charge is -2.36. The lowest BCUT2D eigenvalue weighted by atomic mass is 9.90. The first-order chi connectivity index (χ1) is 11.2. The highest BCUT2D eigenvalue weighted by Gasteiger charge is 2.33. The van der Waals surface area contributed by atoms with E-state index in [1.807, 2.05) is 11.4 Å². The first kappa shape index (κ1) is 16.0. The third-order valence-corrected chi connectivity index (χ3v) is 5.42. The molecule has 2 N–H and O–H groups in total. The van der Waals surface area contributed by atoms with Gasteiger partial charge in [-0.1, -0.05) is 30.8 Å². The number of thiophene rings is 1. The van der Waals surface area contributed by atoms with E-state index in [9.17, 15) is 4.79 Å². The van der Waals surface area contributed by atoms with Gasteiger partial charge in [0.15, 0.2) is 6.54 Å². The molecule has 0 fully saturated rings. The van der Waals surface area contributed by atoms with Crippen molar-refractivity contribution in [3.63, 3.8) is 0 Å². The van der Waals surface area contributed by atoms with Crippen LogP contribution >= 0.6 is 11.3 Å². The van der Waals surface area contributed by atoms with Crippen LogP contribution in [-0.2, 0) is 11.2 Å². The van der Waals surface area contributed by atoms with E-state index >= 15 is 0 Å². The van der Waals surface area contributed by atoms with Crippen LogP contribution in [0.3, 0.4) is 0 Å². The number of hydrogen-bond donors (Lipinski definition) is 1. The molecular formula is C19H23N2OS+. The quantitative estimate of drug-likeness (QED) is 0.664. The zero-order chi connectivity index (χ0) is 16.2. The Hall–Kier alpha value is -1.91. The van der Waals surface area contributed by atoms with Crippen LogP contribution in [0.5, 0.6) is 0 Å². The van der Waals surface area contributed by atoms with Gasteiger partial charge in [-0.2, -0.15) is 0 Å². The molecule has 120 valence electrons. The van der Waals surface area contributed by atoms with Gasteiger partial charge in [-0.3, -0.25) is 4.79 Å². The van der Waals surface area contributed by atoms with Crippen molar-refractivity contribution in [2.45, 2.75) is 19.4 Å². The van der Waals surface area contributed by atoms with Crippen LogP contribution < -0.4 is 5.32 Å². The molecular weight excluding hydrogens is 304 g/mol. The Kier molecular flexibility index (Phi) is 4.94. The number of benzene rings is 1. The van der Waals surface area contributed by atoms with E-state index in [1.165, 1.54) is 21.6 Å². The second-order valence-corrected chi connectivity index (χ2v) is 6.91. The Balaban J connectivity index is 1.94. The van der Waals surface area contributed by atoms with E-state index in [4.69, 9.17) is 0 Å². The van der Waals surface area contributed by atoms with Crippen molar-refractivity contribution in [2.24, 2.45) is 0 Å². The van der Waals surface area contributed by atoms with Crippen molar-refractivity contribution in [3.05, 3.63) is 69.9 Å². The van der Waals surface area contributed by atoms with Crippen molar-refractivity contribution >= 4 is 17.2 Å². The van der Waals surface area contributed by atoms with Crippen molar-refractivity contribution in [1.82, 2.24) is 4.90 Å². The van der Waals surface area contributed by atoms with Gasteiger partial charge >= 0.3 is 0 Å². The van der Waals surface area contributed by atoms with E-state index in [1.54, 1.807) is 11.3 Å². The summed E-state index contributed by atoms with van der Waals surface area (Å²) in [5, 5.41) is 4.15. The van der Waals surface area contributed by atoms with Gasteiger partial charge in [0.05, 0.1) is 12.6 Å². The number of carbonyl (C=O) groups excluding carboxylic acids is 1. The lowest BCUT2D eigenvalue weighted by molar-refractivity contribution is -0.635. The summed E-state index contributed by atoms with van der Waals surface area (Å²) >= 11 is 1.81. The summed E-state index contributed by atoms with van der Waals surface area (Å²) in [6.45, 7) is 7.89. The summed E-state index contributed by atoms with van der Waals surface area (Å²) in [5.41, 5.74) is 3.78. The van der Waals surface area contributed by atoms with Crippen LogP contribution in [-0.4, -0.2) is 30.4 Å². The molecule has 2 heterocycles. The van der Waals surface area contributed by atoms with Gasteiger partial charge in [0.25, 0.3) is 5.91 Å². The topological polar surface area (TPSA) is 36.9 Å². The number of rotatable bonds is 5. The zero-order valence-electron chi connectivity index (χ0n) is 13.5. The van der Waals surface area contributed by atoms with E-state index in [2.05, 4.69) is 54.1 Å². The average molecular weight is 327 g/mol. The minimum atomic E-state index is 0.0517. The molecule has 0 saturated heterocycles. The predicted molar refractivity (Wildman–Crippen MR) is 94.6 cm³/mol. The Morgan fingerprint density at radius 1 is 1.39 bits per heavy atom. The molecule has 3 nitrogen and oxygen atoms in total. The summed E-state index contributed by atoms with van der Waals surface area (Å²) in [7, 11) is 0. The fourth-order valence-electron chi connectivity index (χ4n) is 3.26. The van der Waals surface area contributed by atoms with Gasteiger partial charge in [-0.25, -0.2) is 0 Å². The molecule has 1 aliphatic rings. The minimum absolute atomic E-state index is 0.0517. The maximum Gasteiger partial charge on any atom is 0.278 e. The van der Waals surface area contributed by atoms with E-state index in [-0.39, 0.29) is 11.9 Å². The number of quaternary nitrogens is 1. The molecule has 1 amide bonds. The number of nitrogens with zero attached hydrogens (tertiary/aromatic N) is 1. The third-order valence-electron chi connectivity index (χ3n) is 4.42. The Morgan fingerprint density at radius 2 is 2.22 bits per heavy atom. The average Bonchev–Trinajstić information content (AvgIpc) is 3.03. The smallest absolute Gasteiger partial charge is 0.278 e. The molecule has 1 aliphatic heterocycles. The number of amides is 1. The second kappa shape index (κ2) is 7.11. The van der Waals surface area contributed by atoms with Gasteiger partial charge in [0.1, 0.15) is 0 Å². The Labute approximate surface area is 141 Å². The Morgan fingerprint density at radius 3 is 3.00 bits per heavy atom. The van der Waals surface area contributed by atoms with Gasteiger partial charge in [0, 0.05) is 11.4 Å². The van der Waals surface area contributed by atoms with Gasteiger partial charge < -0.3 is 10.2 Å². The molecule has 4 heteroatoms. The van der Waals surface area contributed by atoms with Crippen LogP contribution in [0.15, 0.2) is 48.4 Å². The van der Waals surface area contributed by atoms with Crippen LogP contribution in [0.25, 0.3) is 0 Å². The summed E-state index contributed by atoms with van der Waals surface area (Å²) in [6.07, 6.45) is 2.79. The summed E-state index contributed by atoms with van der Waals surface area (Å²) in [6, 6.07) is 10.6. The van der Waals surface area contributed by atoms with Crippen LogP contribution in [0.2, 0.25) is 0 Å². The molecule has 0 bridgehead atoms. The molecule has 0 aliphatic carbocycles. The Bertz CT molecular complexity index is 707. The van der Waals surface area contributed by atoms with E-state index < -0.39 is 0 Å². The first-order valence-corrected chi connectivity index (χ1v) is 8.94. The lowest BCUT2D eigenvalue weighted by Crippen LogP contribution is -2.86. The summed E-state index contributed by atoms with van der Waals surface area (Å²) in [4.78, 5) is 16.2. The number of hydrogen-bond acceptors (Lipinski definition) is 2. The van der Waals surface area contributed by atoms with Gasteiger partial charge in [-0.15, -0.1) is 11.3 Å². The third kappa shape index (κ3) is 3.23. The monoisotopic (exact) mass is 327 g/mol. The molecule has 1 atom stereocenters. The van der Waals surface area contributed by atoms with Crippen molar-refractivity contribution in [3.8, 4) is 0 Å². The molecule has 23 heavy (non-hydrogen) atoms. The van der Waals surface area contributed by atoms with Gasteiger partial charge in [-0.05, 0) is 47.6 Å². The first-order valence-electron chi connectivity index (χ1n) is 8.06. The molecule has 0 radical (unpaired) electrons. The fourth-order valence-corrected chi connectivity index (χ4v) is 4.16. The summed E-state index contributed by atoms with van der Waals surface area (Å²) < 4.78 is 0.